The average Bonchev–Trinajstić information content (AvgIpc) is 3.64. The summed E-state index contributed by atoms with van der Waals surface area (Å²) in [6.45, 7) is 6.37. The van der Waals surface area contributed by atoms with Gasteiger partial charge in [-0.25, -0.2) is 14.4 Å². The Hall–Kier alpha value is -6.17. The van der Waals surface area contributed by atoms with Crippen LogP contribution in [-0.2, 0) is 25.7 Å². The van der Waals surface area contributed by atoms with E-state index in [1.165, 1.54) is 36.5 Å². The normalized spacial score (nSPS) is 18.6. The first-order chi connectivity index (χ1) is 31.5. The standard InChI is InChI=1S/C47H53ClFN9O7/c1-64-41-27-37-33(45(51-29-50-37)52-30-11-12-36(49)35(48)25-30)26-38(41)53-42(59)9-6-17-55-18-15-31(16-19-55)56-20-22-57(23-21-56)44(61)10-3-2-4-24-65-40-8-5-7-32-34(40)28-58(47(32)63)39-13-14-43(60)54-46(39)62/h5-9,11-12,25-27,29,31,39H,2-4,10,13-24,28H2,1H3,(H,53,59)(H,50,51,52)(H,54,60,62)/b9-6+. The molecule has 3 aromatic carbocycles. The van der Waals surface area contributed by atoms with Crippen LogP contribution in [0.1, 0.15) is 67.3 Å². The SMILES string of the molecule is COc1cc2ncnc(Nc3ccc(F)c(Cl)c3)c2cc1NC(=O)/C=C/CN1CCC(N2CCN(C(=O)CCCCCOc3cccc4c3CN(C3CCC(=O)NC3=O)C4=O)CC2)CC1. The van der Waals surface area contributed by atoms with Gasteiger partial charge in [0.15, 0.2) is 0 Å². The number of hydrogen-bond donors (Lipinski definition) is 3. The van der Waals surface area contributed by atoms with Crippen molar-refractivity contribution in [2.45, 2.75) is 70.0 Å². The molecule has 5 heterocycles. The van der Waals surface area contributed by atoms with E-state index in [1.54, 1.807) is 30.3 Å². The van der Waals surface area contributed by atoms with Crippen molar-refractivity contribution in [1.82, 2.24) is 34.9 Å². The summed E-state index contributed by atoms with van der Waals surface area (Å²) in [7, 11) is 1.52. The molecule has 3 fully saturated rings. The highest BCUT2D eigenvalue weighted by Crippen LogP contribution is 2.35. The molecule has 4 aromatic rings. The van der Waals surface area contributed by atoms with Gasteiger partial charge in [-0.05, 0) is 88.0 Å². The Kier molecular flexibility index (Phi) is 14.5. The van der Waals surface area contributed by atoms with E-state index in [0.717, 1.165) is 76.9 Å². The van der Waals surface area contributed by atoms with Crippen molar-refractivity contribution in [1.29, 1.82) is 0 Å². The van der Waals surface area contributed by atoms with Crippen molar-refractivity contribution in [2.24, 2.45) is 0 Å². The van der Waals surface area contributed by atoms with Crippen LogP contribution < -0.4 is 25.4 Å². The maximum absolute atomic E-state index is 13.7. The molecule has 0 aliphatic carbocycles. The highest BCUT2D eigenvalue weighted by atomic mass is 35.5. The number of carbonyl (C=O) groups excluding carboxylic acids is 5. The molecule has 0 bridgehead atoms. The van der Waals surface area contributed by atoms with Gasteiger partial charge in [-0.2, -0.15) is 0 Å². The van der Waals surface area contributed by atoms with Crippen LogP contribution in [-0.4, -0.2) is 131 Å². The smallest absolute Gasteiger partial charge is 0.255 e. The minimum absolute atomic E-state index is 0.0210. The Balaban J connectivity index is 0.714. The summed E-state index contributed by atoms with van der Waals surface area (Å²) < 4.78 is 25.4. The van der Waals surface area contributed by atoms with Gasteiger partial charge in [0.05, 0.1) is 36.5 Å². The Bertz CT molecular complexity index is 2470. The molecule has 4 aliphatic heterocycles. The number of amides is 5. The summed E-state index contributed by atoms with van der Waals surface area (Å²) in [5.74, 6) is -0.0998. The number of ether oxygens (including phenoxy) is 2. The Morgan fingerprint density at radius 3 is 2.54 bits per heavy atom. The van der Waals surface area contributed by atoms with Crippen molar-refractivity contribution in [3.63, 3.8) is 0 Å². The van der Waals surface area contributed by atoms with Gasteiger partial charge in [0.1, 0.15) is 35.5 Å². The molecule has 0 saturated carbocycles. The van der Waals surface area contributed by atoms with Crippen LogP contribution in [0.2, 0.25) is 5.02 Å². The van der Waals surface area contributed by atoms with Crippen LogP contribution in [0.25, 0.3) is 10.9 Å². The third-order valence-electron chi connectivity index (χ3n) is 12.6. The minimum Gasteiger partial charge on any atom is -0.494 e. The number of hydrogen-bond acceptors (Lipinski definition) is 12. The van der Waals surface area contributed by atoms with Crippen LogP contribution in [0.5, 0.6) is 11.5 Å². The number of unbranched alkanes of at least 4 members (excludes halogenated alkanes) is 2. The number of piperidine rings is 2. The van der Waals surface area contributed by atoms with Gasteiger partial charge in [0, 0.05) is 86.0 Å². The number of anilines is 3. The topological polar surface area (TPSA) is 179 Å². The highest BCUT2D eigenvalue weighted by molar-refractivity contribution is 6.31. The highest BCUT2D eigenvalue weighted by Gasteiger charge is 2.40. The maximum Gasteiger partial charge on any atom is 0.255 e. The number of methoxy groups -OCH3 is 1. The van der Waals surface area contributed by atoms with Gasteiger partial charge in [-0.3, -0.25) is 39.1 Å². The maximum atomic E-state index is 13.7. The van der Waals surface area contributed by atoms with Crippen molar-refractivity contribution >= 4 is 69.2 Å². The molecular formula is C47H53ClFN9O7. The molecular weight excluding hydrogens is 857 g/mol. The number of halogens is 2. The molecule has 342 valence electrons. The summed E-state index contributed by atoms with van der Waals surface area (Å²) in [5, 5.41) is 9.00. The predicted octanol–water partition coefficient (Wildman–Crippen LogP) is 5.68. The van der Waals surface area contributed by atoms with E-state index in [0.29, 0.717) is 77.2 Å². The van der Waals surface area contributed by atoms with Gasteiger partial charge in [0.25, 0.3) is 5.91 Å². The molecule has 1 unspecified atom stereocenters. The number of likely N-dealkylation sites (tertiary alicyclic amines) is 1. The van der Waals surface area contributed by atoms with Crippen LogP contribution in [0.4, 0.5) is 21.6 Å². The molecule has 0 radical (unpaired) electrons. The fourth-order valence-electron chi connectivity index (χ4n) is 9.04. The van der Waals surface area contributed by atoms with E-state index < -0.39 is 17.8 Å². The van der Waals surface area contributed by atoms with Crippen LogP contribution in [0.3, 0.4) is 0 Å². The number of carbonyl (C=O) groups is 5. The summed E-state index contributed by atoms with van der Waals surface area (Å²) >= 11 is 5.97. The molecule has 4 aliphatic rings. The number of rotatable bonds is 16. The van der Waals surface area contributed by atoms with Gasteiger partial charge < -0.3 is 29.9 Å². The van der Waals surface area contributed by atoms with Crippen LogP contribution in [0.15, 0.2) is 67.0 Å². The first-order valence-corrected chi connectivity index (χ1v) is 22.6. The van der Waals surface area contributed by atoms with Crippen LogP contribution in [0, 0.1) is 5.82 Å². The summed E-state index contributed by atoms with van der Waals surface area (Å²) in [4.78, 5) is 80.3. The van der Waals surface area contributed by atoms with Gasteiger partial charge in [0.2, 0.25) is 23.6 Å². The number of nitrogens with one attached hydrogen (secondary N) is 3. The molecule has 5 amide bonds. The van der Waals surface area contributed by atoms with E-state index in [2.05, 4.69) is 35.7 Å². The second-order valence-corrected chi connectivity index (χ2v) is 17.1. The molecule has 3 N–H and O–H groups in total. The molecule has 0 spiro atoms. The van der Waals surface area contributed by atoms with Gasteiger partial charge in [-0.15, -0.1) is 0 Å². The lowest BCUT2D eigenvalue weighted by Crippen LogP contribution is -2.54. The number of aromatic nitrogens is 2. The number of piperazine rings is 1. The second-order valence-electron chi connectivity index (χ2n) is 16.7. The second kappa shape index (κ2) is 20.8. The lowest BCUT2D eigenvalue weighted by atomic mass is 10.0. The molecule has 16 nitrogen and oxygen atoms in total. The zero-order chi connectivity index (χ0) is 45.5. The monoisotopic (exact) mass is 909 g/mol. The fourth-order valence-corrected chi connectivity index (χ4v) is 9.22. The summed E-state index contributed by atoms with van der Waals surface area (Å²) in [6, 6.07) is 12.9. The number of fused-ring (bicyclic) bond motifs is 2. The molecule has 1 aromatic heterocycles. The number of benzene rings is 3. The Labute approximate surface area is 381 Å². The van der Waals surface area contributed by atoms with E-state index in [-0.39, 0.29) is 41.6 Å². The van der Waals surface area contributed by atoms with E-state index in [1.807, 2.05) is 17.0 Å². The lowest BCUT2D eigenvalue weighted by Gasteiger charge is -2.42. The predicted molar refractivity (Wildman–Crippen MR) is 243 cm³/mol. The van der Waals surface area contributed by atoms with E-state index in [9.17, 15) is 28.4 Å². The Morgan fingerprint density at radius 1 is 0.954 bits per heavy atom. The molecule has 3 saturated heterocycles. The number of imide groups is 1. The van der Waals surface area contributed by atoms with Crippen LogP contribution >= 0.6 is 11.6 Å². The lowest BCUT2D eigenvalue weighted by molar-refractivity contribution is -0.137. The molecule has 65 heavy (non-hydrogen) atoms. The van der Waals surface area contributed by atoms with Gasteiger partial charge in [-0.1, -0.05) is 23.7 Å². The summed E-state index contributed by atoms with van der Waals surface area (Å²) in [6.07, 6.45) is 10.2. The zero-order valence-electron chi connectivity index (χ0n) is 36.3. The van der Waals surface area contributed by atoms with E-state index >= 15 is 0 Å². The number of nitrogens with zero attached hydrogens (tertiary/aromatic N) is 6. The van der Waals surface area contributed by atoms with Crippen molar-refractivity contribution in [2.75, 3.05) is 70.2 Å². The minimum atomic E-state index is -0.671. The van der Waals surface area contributed by atoms with Crippen molar-refractivity contribution in [3.8, 4) is 11.5 Å². The third-order valence-corrected chi connectivity index (χ3v) is 12.9. The fraction of sp³-hybridized carbons (Fsp3) is 0.426. The molecule has 1 atom stereocenters. The molecule has 8 rings (SSSR count). The Morgan fingerprint density at radius 2 is 1.77 bits per heavy atom. The third kappa shape index (κ3) is 10.9. The van der Waals surface area contributed by atoms with Crippen molar-refractivity contribution in [3.05, 3.63) is 89.0 Å². The first-order valence-electron chi connectivity index (χ1n) is 22.2. The first kappa shape index (κ1) is 45.4. The van der Waals surface area contributed by atoms with Crippen molar-refractivity contribution < 1.29 is 37.8 Å². The average molecular weight is 910 g/mol. The van der Waals surface area contributed by atoms with Gasteiger partial charge >= 0.3 is 0 Å². The summed E-state index contributed by atoms with van der Waals surface area (Å²) in [5.41, 5.74) is 2.87. The largest absolute Gasteiger partial charge is 0.494 e. The van der Waals surface area contributed by atoms with E-state index in [4.69, 9.17) is 21.1 Å². The quantitative estimate of drug-likeness (QED) is 0.0714. The molecule has 18 heteroatoms. The zero-order valence-corrected chi connectivity index (χ0v) is 37.1.